The van der Waals surface area contributed by atoms with E-state index in [1.54, 1.807) is 24.9 Å². The summed E-state index contributed by atoms with van der Waals surface area (Å²) in [6.07, 6.45) is 3.63. The van der Waals surface area contributed by atoms with E-state index >= 15 is 0 Å². The number of hydrogen-bond acceptors (Lipinski definition) is 3. The first-order valence-electron chi connectivity index (χ1n) is 6.22. The molecule has 1 amide bonds. The highest BCUT2D eigenvalue weighted by Gasteiger charge is 2.08. The summed E-state index contributed by atoms with van der Waals surface area (Å²) < 4.78 is 0. The largest absolute Gasteiger partial charge is 0.325 e. The number of hydrogen-bond donors (Lipinski definition) is 1. The van der Waals surface area contributed by atoms with Crippen LogP contribution in [-0.4, -0.2) is 16.3 Å². The molecule has 0 aliphatic heterocycles. The predicted molar refractivity (Wildman–Crippen MR) is 84.2 cm³/mol. The Morgan fingerprint density at radius 1 is 1.35 bits per heavy atom. The summed E-state index contributed by atoms with van der Waals surface area (Å²) >= 11 is 7.43. The summed E-state index contributed by atoms with van der Waals surface area (Å²) in [4.78, 5) is 16.7. The van der Waals surface area contributed by atoms with Crippen LogP contribution in [0.4, 0.5) is 5.69 Å². The Labute approximate surface area is 127 Å². The molecule has 104 valence electrons. The normalized spacial score (nSPS) is 11.9. The van der Waals surface area contributed by atoms with Crippen LogP contribution < -0.4 is 5.32 Å². The topological polar surface area (TPSA) is 42.0 Å². The molecule has 1 aromatic heterocycles. The van der Waals surface area contributed by atoms with Crippen molar-refractivity contribution in [2.24, 2.45) is 0 Å². The first-order valence-corrected chi connectivity index (χ1v) is 7.64. The Hall–Kier alpha value is -1.52. The molecule has 1 atom stereocenters. The monoisotopic (exact) mass is 306 g/mol. The zero-order valence-electron chi connectivity index (χ0n) is 11.0. The SMILES string of the molecule is CC(Cl)C(=O)Nc1ccc(SCc2cccnc2)cc1. The predicted octanol–water partition coefficient (Wildman–Crippen LogP) is 3.94. The number of pyridine rings is 1. The molecule has 0 saturated carbocycles. The second kappa shape index (κ2) is 7.31. The number of rotatable bonds is 5. The average Bonchev–Trinajstić information content (AvgIpc) is 2.47. The molecule has 0 aliphatic carbocycles. The van der Waals surface area contributed by atoms with Crippen molar-refractivity contribution < 1.29 is 4.79 Å². The lowest BCUT2D eigenvalue weighted by Gasteiger charge is -2.07. The molecule has 2 rings (SSSR count). The van der Waals surface area contributed by atoms with Crippen LogP contribution in [0.3, 0.4) is 0 Å². The first-order chi connectivity index (χ1) is 9.65. The van der Waals surface area contributed by atoms with Gasteiger partial charge >= 0.3 is 0 Å². The second-order valence-corrected chi connectivity index (χ2v) is 5.98. The van der Waals surface area contributed by atoms with Gasteiger partial charge in [-0.2, -0.15) is 0 Å². The Kier molecular flexibility index (Phi) is 5.44. The standard InChI is InChI=1S/C15H15ClN2OS/c1-11(16)15(19)18-13-4-6-14(7-5-13)20-10-12-3-2-8-17-9-12/h2-9,11H,10H2,1H3,(H,18,19). The first kappa shape index (κ1) is 14.9. The van der Waals surface area contributed by atoms with Gasteiger partial charge in [0.2, 0.25) is 5.91 Å². The quantitative estimate of drug-likeness (QED) is 0.672. The van der Waals surface area contributed by atoms with Gasteiger partial charge < -0.3 is 5.32 Å². The fraction of sp³-hybridized carbons (Fsp3) is 0.200. The number of carbonyl (C=O) groups excluding carboxylic acids is 1. The van der Waals surface area contributed by atoms with Gasteiger partial charge in [-0.1, -0.05) is 6.07 Å². The van der Waals surface area contributed by atoms with Gasteiger partial charge in [-0.3, -0.25) is 9.78 Å². The molecule has 1 heterocycles. The maximum absolute atomic E-state index is 11.5. The highest BCUT2D eigenvalue weighted by atomic mass is 35.5. The molecule has 20 heavy (non-hydrogen) atoms. The van der Waals surface area contributed by atoms with Crippen molar-refractivity contribution >= 4 is 35.0 Å². The number of benzene rings is 1. The van der Waals surface area contributed by atoms with Gasteiger partial charge in [0, 0.05) is 28.7 Å². The van der Waals surface area contributed by atoms with Crippen molar-refractivity contribution in [2.45, 2.75) is 22.9 Å². The van der Waals surface area contributed by atoms with E-state index in [1.807, 2.05) is 36.5 Å². The average molecular weight is 307 g/mol. The summed E-state index contributed by atoms with van der Waals surface area (Å²) in [6, 6.07) is 11.7. The molecule has 2 aromatic rings. The summed E-state index contributed by atoms with van der Waals surface area (Å²) in [5.41, 5.74) is 1.94. The van der Waals surface area contributed by atoms with Gasteiger partial charge in [-0.15, -0.1) is 23.4 Å². The summed E-state index contributed by atoms with van der Waals surface area (Å²) in [5, 5.41) is 2.22. The van der Waals surface area contributed by atoms with Gasteiger partial charge in [-0.25, -0.2) is 0 Å². The number of alkyl halides is 1. The highest BCUT2D eigenvalue weighted by molar-refractivity contribution is 7.98. The lowest BCUT2D eigenvalue weighted by Crippen LogP contribution is -2.20. The van der Waals surface area contributed by atoms with Crippen molar-refractivity contribution in [1.29, 1.82) is 0 Å². The van der Waals surface area contributed by atoms with Crippen molar-refractivity contribution in [1.82, 2.24) is 4.98 Å². The molecule has 0 aliphatic rings. The number of amides is 1. The second-order valence-electron chi connectivity index (χ2n) is 4.28. The van der Waals surface area contributed by atoms with Crippen molar-refractivity contribution in [3.05, 3.63) is 54.4 Å². The zero-order valence-corrected chi connectivity index (χ0v) is 12.6. The van der Waals surface area contributed by atoms with Crippen molar-refractivity contribution in [3.8, 4) is 0 Å². The fourth-order valence-corrected chi connectivity index (χ4v) is 2.41. The molecule has 0 fully saturated rings. The highest BCUT2D eigenvalue weighted by Crippen LogP contribution is 2.24. The number of anilines is 1. The molecular formula is C15H15ClN2OS. The van der Waals surface area contributed by atoms with E-state index in [1.165, 1.54) is 5.56 Å². The van der Waals surface area contributed by atoms with Crippen LogP contribution in [0.15, 0.2) is 53.7 Å². The van der Waals surface area contributed by atoms with E-state index in [2.05, 4.69) is 16.4 Å². The number of halogens is 1. The summed E-state index contributed by atoms with van der Waals surface area (Å²) in [5.74, 6) is 0.681. The van der Waals surface area contributed by atoms with E-state index in [0.29, 0.717) is 0 Å². The Bertz CT molecular complexity index is 558. The van der Waals surface area contributed by atoms with Crippen molar-refractivity contribution in [3.63, 3.8) is 0 Å². The van der Waals surface area contributed by atoms with Gasteiger partial charge in [0.15, 0.2) is 0 Å². The van der Waals surface area contributed by atoms with Crippen LogP contribution in [0.1, 0.15) is 12.5 Å². The number of carbonyl (C=O) groups is 1. The molecule has 1 N–H and O–H groups in total. The minimum Gasteiger partial charge on any atom is -0.325 e. The molecule has 0 radical (unpaired) electrons. The smallest absolute Gasteiger partial charge is 0.242 e. The van der Waals surface area contributed by atoms with Crippen LogP contribution in [0.5, 0.6) is 0 Å². The van der Waals surface area contributed by atoms with Crippen LogP contribution >= 0.6 is 23.4 Å². The van der Waals surface area contributed by atoms with E-state index in [-0.39, 0.29) is 5.91 Å². The van der Waals surface area contributed by atoms with Gasteiger partial charge in [-0.05, 0) is 42.8 Å². The van der Waals surface area contributed by atoms with Gasteiger partial charge in [0.05, 0.1) is 0 Å². The third-order valence-electron chi connectivity index (χ3n) is 2.61. The fourth-order valence-electron chi connectivity index (χ4n) is 1.53. The minimum absolute atomic E-state index is 0.192. The maximum Gasteiger partial charge on any atom is 0.242 e. The third-order valence-corrected chi connectivity index (χ3v) is 3.89. The molecule has 0 spiro atoms. The van der Waals surface area contributed by atoms with E-state index in [4.69, 9.17) is 11.6 Å². The van der Waals surface area contributed by atoms with E-state index in [9.17, 15) is 4.79 Å². The summed E-state index contributed by atoms with van der Waals surface area (Å²) in [7, 11) is 0. The van der Waals surface area contributed by atoms with Crippen molar-refractivity contribution in [2.75, 3.05) is 5.32 Å². The Morgan fingerprint density at radius 2 is 2.10 bits per heavy atom. The molecule has 0 bridgehead atoms. The number of nitrogens with zero attached hydrogens (tertiary/aromatic N) is 1. The van der Waals surface area contributed by atoms with Gasteiger partial charge in [0.25, 0.3) is 0 Å². The number of aromatic nitrogens is 1. The van der Waals surface area contributed by atoms with Gasteiger partial charge in [0.1, 0.15) is 5.38 Å². The summed E-state index contributed by atoms with van der Waals surface area (Å²) in [6.45, 7) is 1.65. The molecule has 1 aromatic carbocycles. The lowest BCUT2D eigenvalue weighted by molar-refractivity contribution is -0.115. The third kappa shape index (κ3) is 4.54. The Balaban J connectivity index is 1.90. The molecule has 0 saturated heterocycles. The zero-order chi connectivity index (χ0) is 14.4. The molecule has 1 unspecified atom stereocenters. The molecular weight excluding hydrogens is 292 g/mol. The van der Waals surface area contributed by atoms with E-state index in [0.717, 1.165) is 16.3 Å². The van der Waals surface area contributed by atoms with E-state index < -0.39 is 5.38 Å². The van der Waals surface area contributed by atoms with Crippen LogP contribution in [-0.2, 0) is 10.5 Å². The van der Waals surface area contributed by atoms with Crippen LogP contribution in [0, 0.1) is 0 Å². The maximum atomic E-state index is 11.5. The lowest BCUT2D eigenvalue weighted by atomic mass is 10.3. The molecule has 5 heteroatoms. The number of nitrogens with one attached hydrogen (secondary N) is 1. The Morgan fingerprint density at radius 3 is 2.70 bits per heavy atom. The molecule has 3 nitrogen and oxygen atoms in total. The van der Waals surface area contributed by atoms with Crippen LogP contribution in [0.25, 0.3) is 0 Å². The minimum atomic E-state index is -0.533. The van der Waals surface area contributed by atoms with Crippen LogP contribution in [0.2, 0.25) is 0 Å². The number of thioether (sulfide) groups is 1.